The average molecular weight is 492 g/mol. The number of hydrogen-bond acceptors (Lipinski definition) is 7. The Morgan fingerprint density at radius 3 is 1.60 bits per heavy atom. The molecule has 35 heavy (non-hydrogen) atoms. The molecule has 2 N–H and O–H groups in total. The fourth-order valence-corrected chi connectivity index (χ4v) is 2.79. The number of carbonyl (C=O) groups is 3. The first-order valence-electron chi connectivity index (χ1n) is 11.7. The maximum atomic E-state index is 12.5. The quantitative estimate of drug-likeness (QED) is 0.232. The number of esters is 1. The summed E-state index contributed by atoms with van der Waals surface area (Å²) in [5.41, 5.74) is -2.50. The van der Waals surface area contributed by atoms with Crippen LogP contribution in [0.3, 0.4) is 0 Å². The Hall–Kier alpha value is -3.10. The van der Waals surface area contributed by atoms with E-state index in [2.05, 4.69) is 15.6 Å². The number of amides is 2. The molecule has 0 aliphatic rings. The second kappa shape index (κ2) is 11.6. The largest absolute Gasteiger partial charge is 0.456 e. The van der Waals surface area contributed by atoms with Crippen molar-refractivity contribution in [2.24, 2.45) is 4.99 Å². The molecular weight excluding hydrogens is 450 g/mol. The molecule has 0 aliphatic carbocycles. The van der Waals surface area contributed by atoms with E-state index in [-0.39, 0.29) is 5.96 Å². The molecule has 0 unspecified atom stereocenters. The van der Waals surface area contributed by atoms with Crippen molar-refractivity contribution in [3.05, 3.63) is 35.9 Å². The molecule has 0 bridgehead atoms. The predicted molar refractivity (Wildman–Crippen MR) is 135 cm³/mol. The van der Waals surface area contributed by atoms with Gasteiger partial charge in [-0.1, -0.05) is 18.2 Å². The molecule has 0 aliphatic heterocycles. The molecule has 0 fully saturated rings. The van der Waals surface area contributed by atoms with Crippen molar-refractivity contribution in [2.75, 3.05) is 0 Å². The van der Waals surface area contributed by atoms with Crippen molar-refractivity contribution in [2.45, 2.75) is 104 Å². The van der Waals surface area contributed by atoms with Crippen LogP contribution in [0.25, 0.3) is 0 Å². The number of carbonyl (C=O) groups excluding carboxylic acids is 3. The molecule has 1 aromatic carbocycles. The van der Waals surface area contributed by atoms with Crippen molar-refractivity contribution in [3.63, 3.8) is 0 Å². The van der Waals surface area contributed by atoms with Crippen LogP contribution in [0.4, 0.5) is 9.59 Å². The first-order valence-corrected chi connectivity index (χ1v) is 11.7. The van der Waals surface area contributed by atoms with Crippen LogP contribution >= 0.6 is 0 Å². The van der Waals surface area contributed by atoms with Gasteiger partial charge in [0.2, 0.25) is 5.96 Å². The average Bonchev–Trinajstić information content (AvgIpc) is 2.63. The third kappa shape index (κ3) is 13.4. The zero-order valence-electron chi connectivity index (χ0n) is 22.7. The number of nitrogens with zero attached hydrogens (tertiary/aromatic N) is 1. The number of alkyl carbamates (subject to hydrolysis) is 2. The number of rotatable bonds is 6. The van der Waals surface area contributed by atoms with Crippen LogP contribution in [0.1, 0.15) is 92.4 Å². The predicted octanol–water partition coefficient (Wildman–Crippen LogP) is 5.59. The Morgan fingerprint density at radius 2 is 1.17 bits per heavy atom. The van der Waals surface area contributed by atoms with E-state index in [4.69, 9.17) is 14.2 Å². The molecule has 0 saturated carbocycles. The fraction of sp³-hybridized carbons (Fsp3) is 0.615. The third-order valence-corrected chi connectivity index (χ3v) is 4.37. The van der Waals surface area contributed by atoms with Gasteiger partial charge < -0.3 is 14.2 Å². The van der Waals surface area contributed by atoms with E-state index in [1.54, 1.807) is 65.8 Å². The summed E-state index contributed by atoms with van der Waals surface area (Å²) in [5, 5.41) is 4.98. The van der Waals surface area contributed by atoms with Gasteiger partial charge in [0.1, 0.15) is 16.8 Å². The number of nitrogens with one attached hydrogen (secondary N) is 2. The minimum atomic E-state index is -0.767. The van der Waals surface area contributed by atoms with Gasteiger partial charge in [0, 0.05) is 0 Å². The van der Waals surface area contributed by atoms with Crippen molar-refractivity contribution >= 4 is 24.1 Å². The number of hydrogen-bond donors (Lipinski definition) is 2. The van der Waals surface area contributed by atoms with Gasteiger partial charge in [0.25, 0.3) is 0 Å². The summed E-state index contributed by atoms with van der Waals surface area (Å²) < 4.78 is 16.3. The number of aliphatic imine (C=N–C) groups is 1. The van der Waals surface area contributed by atoms with Gasteiger partial charge in [-0.3, -0.25) is 10.6 Å². The van der Waals surface area contributed by atoms with Crippen LogP contribution in [0, 0.1) is 0 Å². The Bertz CT molecular complexity index is 877. The number of ether oxygens (including phenoxy) is 3. The van der Waals surface area contributed by atoms with Crippen LogP contribution in [0.15, 0.2) is 35.3 Å². The van der Waals surface area contributed by atoms with E-state index < -0.39 is 40.5 Å². The minimum absolute atomic E-state index is 0.0995. The van der Waals surface area contributed by atoms with E-state index in [1.807, 2.05) is 33.8 Å². The first kappa shape index (κ1) is 29.9. The van der Waals surface area contributed by atoms with Crippen molar-refractivity contribution in [1.29, 1.82) is 0 Å². The van der Waals surface area contributed by atoms with Gasteiger partial charge in [-0.2, -0.15) is 0 Å². The summed E-state index contributed by atoms with van der Waals surface area (Å²) >= 11 is 0. The standard InChI is InChI=1S/C26H41N3O6/c1-23(2,3)34-21(31)27-20(28-22(32)35-24(4,5)6)29-25(7,8)16-17-26(9,10)33-19(30)18-14-12-11-13-15-18/h11-15H,16-17H2,1-10H3,(H2,27,28,29,31,32). The van der Waals surface area contributed by atoms with Crippen LogP contribution < -0.4 is 10.6 Å². The highest BCUT2D eigenvalue weighted by atomic mass is 16.6. The van der Waals surface area contributed by atoms with Crippen LogP contribution in [-0.2, 0) is 14.2 Å². The van der Waals surface area contributed by atoms with Gasteiger partial charge in [-0.15, -0.1) is 0 Å². The lowest BCUT2D eigenvalue weighted by Crippen LogP contribution is -2.48. The Labute approximate surface area is 209 Å². The minimum Gasteiger partial charge on any atom is -0.456 e. The highest BCUT2D eigenvalue weighted by Gasteiger charge is 2.29. The van der Waals surface area contributed by atoms with E-state index in [9.17, 15) is 14.4 Å². The van der Waals surface area contributed by atoms with E-state index in [1.165, 1.54) is 0 Å². The Balaban J connectivity index is 2.96. The zero-order valence-corrected chi connectivity index (χ0v) is 22.7. The lowest BCUT2D eigenvalue weighted by molar-refractivity contribution is -0.00724. The van der Waals surface area contributed by atoms with Crippen LogP contribution in [0.5, 0.6) is 0 Å². The molecule has 196 valence electrons. The molecule has 0 heterocycles. The first-order chi connectivity index (χ1) is 15.8. The normalized spacial score (nSPS) is 12.3. The van der Waals surface area contributed by atoms with Crippen molar-refractivity contribution in [3.8, 4) is 0 Å². The lowest BCUT2D eigenvalue weighted by atomic mass is 9.92. The molecule has 0 atom stereocenters. The molecule has 1 aromatic rings. The molecule has 0 spiro atoms. The van der Waals surface area contributed by atoms with Gasteiger partial charge in [0.15, 0.2) is 0 Å². The zero-order chi connectivity index (χ0) is 27.1. The van der Waals surface area contributed by atoms with Gasteiger partial charge >= 0.3 is 18.2 Å². The molecule has 2 amide bonds. The summed E-state index contributed by atoms with van der Waals surface area (Å²) in [7, 11) is 0. The second-order valence-corrected chi connectivity index (χ2v) is 11.5. The van der Waals surface area contributed by atoms with E-state index in [0.29, 0.717) is 18.4 Å². The monoisotopic (exact) mass is 491 g/mol. The van der Waals surface area contributed by atoms with Gasteiger partial charge in [-0.05, 0) is 94.2 Å². The van der Waals surface area contributed by atoms with Crippen LogP contribution in [-0.4, -0.2) is 46.5 Å². The lowest BCUT2D eigenvalue weighted by Gasteiger charge is -2.30. The van der Waals surface area contributed by atoms with Gasteiger partial charge in [-0.25, -0.2) is 19.4 Å². The smallest absolute Gasteiger partial charge is 0.414 e. The highest BCUT2D eigenvalue weighted by Crippen LogP contribution is 2.26. The highest BCUT2D eigenvalue weighted by molar-refractivity contribution is 6.01. The SMILES string of the molecule is CC(C)(CCC(C)(C)OC(=O)c1ccccc1)N=C(NC(=O)OC(C)(C)C)NC(=O)OC(C)(C)C. The molecule has 0 saturated heterocycles. The number of benzene rings is 1. The fourth-order valence-electron chi connectivity index (χ4n) is 2.79. The molecule has 9 heteroatoms. The van der Waals surface area contributed by atoms with E-state index >= 15 is 0 Å². The van der Waals surface area contributed by atoms with Crippen molar-refractivity contribution in [1.82, 2.24) is 10.6 Å². The summed E-state index contributed by atoms with van der Waals surface area (Å²) in [5.74, 6) is -0.506. The maximum Gasteiger partial charge on any atom is 0.414 e. The summed E-state index contributed by atoms with van der Waals surface area (Å²) in [6.45, 7) is 17.7. The van der Waals surface area contributed by atoms with Gasteiger partial charge in [0.05, 0.1) is 11.1 Å². The summed E-state index contributed by atoms with van der Waals surface area (Å²) in [6.07, 6.45) is -0.563. The Kier molecular flexibility index (Phi) is 9.88. The third-order valence-electron chi connectivity index (χ3n) is 4.37. The number of guanidine groups is 1. The Morgan fingerprint density at radius 1 is 0.714 bits per heavy atom. The maximum absolute atomic E-state index is 12.5. The molecule has 0 radical (unpaired) electrons. The topological polar surface area (TPSA) is 115 Å². The summed E-state index contributed by atoms with van der Waals surface area (Å²) in [6, 6.07) is 8.78. The van der Waals surface area contributed by atoms with Crippen LogP contribution in [0.2, 0.25) is 0 Å². The molecular formula is C26H41N3O6. The second-order valence-electron chi connectivity index (χ2n) is 11.5. The molecule has 9 nitrogen and oxygen atoms in total. The molecule has 0 aromatic heterocycles. The summed E-state index contributed by atoms with van der Waals surface area (Å²) in [4.78, 5) is 41.7. The van der Waals surface area contributed by atoms with E-state index in [0.717, 1.165) is 0 Å². The molecule has 1 rings (SSSR count). The van der Waals surface area contributed by atoms with Crippen molar-refractivity contribution < 1.29 is 28.6 Å².